The molecule has 7 nitrogen and oxygen atoms in total. The van der Waals surface area contributed by atoms with Gasteiger partial charge in [0, 0.05) is 13.5 Å². The Morgan fingerprint density at radius 1 is 0.875 bits per heavy atom. The minimum Gasteiger partial charge on any atom is -0.489 e. The van der Waals surface area contributed by atoms with Crippen LogP contribution in [0.3, 0.4) is 0 Å². The number of hydrogen-bond acceptors (Lipinski definition) is 5. The fourth-order valence-corrected chi connectivity index (χ4v) is 4.49. The van der Waals surface area contributed by atoms with Gasteiger partial charge in [0.15, 0.2) is 0 Å². The second-order valence-electron chi connectivity index (χ2n) is 11.6. The third-order valence-corrected chi connectivity index (χ3v) is 7.04. The second kappa shape index (κ2) is 17.7. The van der Waals surface area contributed by atoms with Crippen molar-refractivity contribution in [2.45, 2.75) is 85.0 Å². The lowest BCUT2D eigenvalue weighted by atomic mass is 9.99. The van der Waals surface area contributed by atoms with Gasteiger partial charge in [-0.05, 0) is 68.0 Å². The summed E-state index contributed by atoms with van der Waals surface area (Å²) in [5, 5.41) is 6.18. The molecular formula is C33H51N3O4. The molecule has 0 aromatic heterocycles. The number of ether oxygens (including phenoxy) is 2. The van der Waals surface area contributed by atoms with Crippen LogP contribution in [0.2, 0.25) is 0 Å². The van der Waals surface area contributed by atoms with Gasteiger partial charge in [-0.1, -0.05) is 77.1 Å². The van der Waals surface area contributed by atoms with Gasteiger partial charge in [0.25, 0.3) is 0 Å². The molecule has 7 heteroatoms. The summed E-state index contributed by atoms with van der Waals surface area (Å²) in [6, 6.07) is 16.6. The highest BCUT2D eigenvalue weighted by Crippen LogP contribution is 2.17. The van der Waals surface area contributed by atoms with Crippen LogP contribution in [0.5, 0.6) is 5.75 Å². The van der Waals surface area contributed by atoms with Gasteiger partial charge < -0.3 is 20.1 Å². The topological polar surface area (TPSA) is 79.9 Å². The third kappa shape index (κ3) is 12.1. The molecular weight excluding hydrogens is 502 g/mol. The van der Waals surface area contributed by atoms with E-state index >= 15 is 0 Å². The van der Waals surface area contributed by atoms with E-state index < -0.39 is 6.04 Å². The molecule has 222 valence electrons. The first-order chi connectivity index (χ1) is 19.1. The Labute approximate surface area is 242 Å². The molecule has 0 aliphatic carbocycles. The van der Waals surface area contributed by atoms with Crippen LogP contribution in [0.4, 0.5) is 0 Å². The molecule has 2 amide bonds. The molecule has 3 atom stereocenters. The summed E-state index contributed by atoms with van der Waals surface area (Å²) in [5.74, 6) is 1.35. The number of rotatable bonds is 18. The van der Waals surface area contributed by atoms with Gasteiger partial charge in [0.1, 0.15) is 18.4 Å². The molecule has 3 unspecified atom stereocenters. The van der Waals surface area contributed by atoms with E-state index in [-0.39, 0.29) is 23.9 Å². The van der Waals surface area contributed by atoms with Crippen molar-refractivity contribution in [1.82, 2.24) is 15.5 Å². The molecule has 2 aromatic carbocycles. The number of nitrogens with zero attached hydrogens (tertiary/aromatic N) is 1. The van der Waals surface area contributed by atoms with Crippen LogP contribution in [-0.4, -0.2) is 62.1 Å². The van der Waals surface area contributed by atoms with E-state index in [0.29, 0.717) is 31.5 Å². The maximum Gasteiger partial charge on any atom is 0.243 e. The molecule has 2 rings (SSSR count). The van der Waals surface area contributed by atoms with E-state index in [0.717, 1.165) is 42.7 Å². The lowest BCUT2D eigenvalue weighted by molar-refractivity contribution is -0.132. The highest BCUT2D eigenvalue weighted by molar-refractivity contribution is 5.90. The quantitative estimate of drug-likeness (QED) is 0.264. The zero-order valence-corrected chi connectivity index (χ0v) is 25.6. The van der Waals surface area contributed by atoms with Crippen LogP contribution in [0, 0.1) is 11.8 Å². The highest BCUT2D eigenvalue weighted by atomic mass is 16.5. The zero-order chi connectivity index (χ0) is 29.5. The Morgan fingerprint density at radius 3 is 2.12 bits per heavy atom. The minimum atomic E-state index is -0.706. The largest absolute Gasteiger partial charge is 0.489 e. The summed E-state index contributed by atoms with van der Waals surface area (Å²) in [6.07, 6.45) is 2.85. The molecule has 0 heterocycles. The van der Waals surface area contributed by atoms with Crippen molar-refractivity contribution in [1.29, 1.82) is 0 Å². The Bertz CT molecular complexity index is 995. The van der Waals surface area contributed by atoms with Gasteiger partial charge in [-0.2, -0.15) is 0 Å². The van der Waals surface area contributed by atoms with Crippen LogP contribution in [0.1, 0.15) is 65.0 Å². The summed E-state index contributed by atoms with van der Waals surface area (Å²) < 4.78 is 11.2. The first-order valence-corrected chi connectivity index (χ1v) is 14.7. The fraction of sp³-hybridized carbons (Fsp3) is 0.576. The van der Waals surface area contributed by atoms with Crippen molar-refractivity contribution < 1.29 is 19.1 Å². The van der Waals surface area contributed by atoms with Gasteiger partial charge in [-0.25, -0.2) is 0 Å². The molecule has 0 spiro atoms. The average Bonchev–Trinajstić information content (AvgIpc) is 2.93. The van der Waals surface area contributed by atoms with E-state index in [2.05, 4.69) is 43.2 Å². The molecule has 2 N–H and O–H groups in total. The zero-order valence-electron chi connectivity index (χ0n) is 25.6. The van der Waals surface area contributed by atoms with Crippen molar-refractivity contribution in [3.8, 4) is 5.75 Å². The van der Waals surface area contributed by atoms with Crippen molar-refractivity contribution >= 4 is 11.8 Å². The van der Waals surface area contributed by atoms with Crippen LogP contribution in [-0.2, 0) is 27.4 Å². The van der Waals surface area contributed by atoms with Crippen molar-refractivity contribution in [3.63, 3.8) is 0 Å². The molecule has 0 aliphatic rings. The third-order valence-electron chi connectivity index (χ3n) is 7.04. The summed E-state index contributed by atoms with van der Waals surface area (Å²) in [7, 11) is 3.63. The van der Waals surface area contributed by atoms with E-state index in [9.17, 15) is 9.59 Å². The maximum atomic E-state index is 13.6. The molecule has 0 fully saturated rings. The van der Waals surface area contributed by atoms with Gasteiger partial charge in [0.05, 0.1) is 18.7 Å². The number of carbonyl (C=O) groups excluding carboxylic acids is 2. The Morgan fingerprint density at radius 2 is 1.55 bits per heavy atom. The van der Waals surface area contributed by atoms with Crippen LogP contribution in [0.15, 0.2) is 54.6 Å². The fourth-order valence-electron chi connectivity index (χ4n) is 4.49. The van der Waals surface area contributed by atoms with Gasteiger partial charge in [-0.15, -0.1) is 0 Å². The van der Waals surface area contributed by atoms with E-state index in [1.165, 1.54) is 0 Å². The standard InChI is InChI=1S/C33H51N3O4/c1-8-28(23-39-7)34-32(37)30(35-33(38)31(20-25(4)5)36(6)19-18-24(2)3)21-26-14-16-29(17-15-26)40-22-27-12-10-9-11-13-27/h9-17,24-25,28,30-31H,8,18-23H2,1-7H3,(H,34,37)(H,35,38). The number of carbonyl (C=O) groups is 2. The van der Waals surface area contributed by atoms with E-state index in [1.54, 1.807) is 7.11 Å². The number of methoxy groups -OCH3 is 1. The molecule has 0 saturated carbocycles. The molecule has 0 saturated heterocycles. The molecule has 0 bridgehead atoms. The Hall–Kier alpha value is -2.90. The molecule has 0 radical (unpaired) electrons. The van der Waals surface area contributed by atoms with E-state index in [4.69, 9.17) is 9.47 Å². The number of likely N-dealkylation sites (N-methyl/N-ethyl adjacent to an activating group) is 1. The molecule has 2 aromatic rings. The number of amides is 2. The number of benzene rings is 2. The van der Waals surface area contributed by atoms with Crippen molar-refractivity contribution in [2.75, 3.05) is 27.3 Å². The average molecular weight is 554 g/mol. The minimum absolute atomic E-state index is 0.109. The van der Waals surface area contributed by atoms with E-state index in [1.807, 2.05) is 68.6 Å². The molecule has 40 heavy (non-hydrogen) atoms. The Kier molecular flexibility index (Phi) is 14.8. The van der Waals surface area contributed by atoms with Crippen LogP contribution >= 0.6 is 0 Å². The summed E-state index contributed by atoms with van der Waals surface area (Å²) in [4.78, 5) is 29.2. The Balaban J connectivity index is 2.17. The summed E-state index contributed by atoms with van der Waals surface area (Å²) in [6.45, 7) is 12.4. The van der Waals surface area contributed by atoms with Gasteiger partial charge >= 0.3 is 0 Å². The predicted octanol–water partition coefficient (Wildman–Crippen LogP) is 5.23. The normalized spacial score (nSPS) is 13.8. The highest BCUT2D eigenvalue weighted by Gasteiger charge is 2.29. The number of hydrogen-bond donors (Lipinski definition) is 2. The molecule has 0 aliphatic heterocycles. The maximum absolute atomic E-state index is 13.6. The van der Waals surface area contributed by atoms with Gasteiger partial charge in [0.2, 0.25) is 11.8 Å². The van der Waals surface area contributed by atoms with Crippen molar-refractivity contribution in [2.24, 2.45) is 11.8 Å². The van der Waals surface area contributed by atoms with Crippen LogP contribution < -0.4 is 15.4 Å². The lowest BCUT2D eigenvalue weighted by Crippen LogP contribution is -2.55. The van der Waals surface area contributed by atoms with Gasteiger partial charge in [-0.3, -0.25) is 14.5 Å². The lowest BCUT2D eigenvalue weighted by Gasteiger charge is -2.31. The predicted molar refractivity (Wildman–Crippen MR) is 162 cm³/mol. The van der Waals surface area contributed by atoms with Crippen molar-refractivity contribution in [3.05, 3.63) is 65.7 Å². The monoisotopic (exact) mass is 553 g/mol. The first kappa shape index (κ1) is 33.3. The number of nitrogens with one attached hydrogen (secondary N) is 2. The first-order valence-electron chi connectivity index (χ1n) is 14.7. The summed E-state index contributed by atoms with van der Waals surface area (Å²) in [5.41, 5.74) is 2.04. The SMILES string of the molecule is CCC(COC)NC(=O)C(Cc1ccc(OCc2ccccc2)cc1)NC(=O)C(CC(C)C)N(C)CCC(C)C. The summed E-state index contributed by atoms with van der Waals surface area (Å²) >= 11 is 0. The van der Waals surface area contributed by atoms with Crippen LogP contribution in [0.25, 0.3) is 0 Å². The smallest absolute Gasteiger partial charge is 0.243 e. The second-order valence-corrected chi connectivity index (χ2v) is 11.6.